The zero-order valence-electron chi connectivity index (χ0n) is 10.8. The van der Waals surface area contributed by atoms with E-state index < -0.39 is 0 Å². The van der Waals surface area contributed by atoms with Crippen molar-refractivity contribution in [2.45, 2.75) is 19.9 Å². The van der Waals surface area contributed by atoms with Crippen LogP contribution in [0.2, 0.25) is 0 Å². The van der Waals surface area contributed by atoms with E-state index >= 15 is 0 Å². The molecule has 1 unspecified atom stereocenters. The largest absolute Gasteiger partial charge is 0.370 e. The number of H-pyrrole nitrogens is 1. The molecule has 0 saturated heterocycles. The SMILES string of the molecule is CCNc1cc(C(=O)NC(C)c2ncn[nH]2)ccn1. The smallest absolute Gasteiger partial charge is 0.252 e. The molecule has 1 amide bonds. The van der Waals surface area contributed by atoms with E-state index in [-0.39, 0.29) is 11.9 Å². The highest BCUT2D eigenvalue weighted by atomic mass is 16.1. The van der Waals surface area contributed by atoms with Crippen molar-refractivity contribution in [2.24, 2.45) is 0 Å². The lowest BCUT2D eigenvalue weighted by Crippen LogP contribution is -2.27. The number of amides is 1. The lowest BCUT2D eigenvalue weighted by Gasteiger charge is -2.11. The molecule has 19 heavy (non-hydrogen) atoms. The van der Waals surface area contributed by atoms with Crippen molar-refractivity contribution in [3.63, 3.8) is 0 Å². The molecule has 1 atom stereocenters. The first-order valence-corrected chi connectivity index (χ1v) is 6.06. The van der Waals surface area contributed by atoms with Gasteiger partial charge in [-0.3, -0.25) is 9.89 Å². The van der Waals surface area contributed by atoms with Crippen molar-refractivity contribution >= 4 is 11.7 Å². The van der Waals surface area contributed by atoms with Gasteiger partial charge in [-0.25, -0.2) is 9.97 Å². The molecule has 2 rings (SSSR count). The van der Waals surface area contributed by atoms with E-state index in [4.69, 9.17) is 0 Å². The van der Waals surface area contributed by atoms with Gasteiger partial charge in [0.2, 0.25) is 0 Å². The first kappa shape index (κ1) is 13.0. The van der Waals surface area contributed by atoms with Gasteiger partial charge in [0.1, 0.15) is 18.0 Å². The maximum atomic E-state index is 12.1. The van der Waals surface area contributed by atoms with Crippen LogP contribution in [0.3, 0.4) is 0 Å². The maximum absolute atomic E-state index is 12.1. The Morgan fingerprint density at radius 3 is 3.00 bits per heavy atom. The summed E-state index contributed by atoms with van der Waals surface area (Å²) in [6, 6.07) is 3.15. The summed E-state index contributed by atoms with van der Waals surface area (Å²) in [4.78, 5) is 20.2. The molecule has 2 heterocycles. The predicted octanol–water partition coefficient (Wildman–Crippen LogP) is 1.12. The van der Waals surface area contributed by atoms with Gasteiger partial charge in [-0.15, -0.1) is 0 Å². The number of nitrogens with zero attached hydrogens (tertiary/aromatic N) is 3. The molecule has 0 aliphatic heterocycles. The van der Waals surface area contributed by atoms with Crippen LogP contribution in [-0.2, 0) is 0 Å². The Morgan fingerprint density at radius 2 is 2.32 bits per heavy atom. The van der Waals surface area contributed by atoms with Crippen LogP contribution in [0.5, 0.6) is 0 Å². The molecular weight excluding hydrogens is 244 g/mol. The summed E-state index contributed by atoms with van der Waals surface area (Å²) >= 11 is 0. The van der Waals surface area contributed by atoms with Gasteiger partial charge in [0.15, 0.2) is 0 Å². The van der Waals surface area contributed by atoms with Gasteiger partial charge in [0, 0.05) is 18.3 Å². The second-order valence-electron chi connectivity index (χ2n) is 4.03. The average molecular weight is 260 g/mol. The monoisotopic (exact) mass is 260 g/mol. The summed E-state index contributed by atoms with van der Waals surface area (Å²) in [6.07, 6.45) is 3.01. The van der Waals surface area contributed by atoms with Gasteiger partial charge >= 0.3 is 0 Å². The fourth-order valence-corrected chi connectivity index (χ4v) is 1.62. The van der Waals surface area contributed by atoms with E-state index in [2.05, 4.69) is 30.8 Å². The zero-order chi connectivity index (χ0) is 13.7. The van der Waals surface area contributed by atoms with Crippen molar-refractivity contribution in [3.8, 4) is 0 Å². The number of carbonyl (C=O) groups is 1. The minimum Gasteiger partial charge on any atom is -0.370 e. The molecule has 0 fully saturated rings. The number of aromatic amines is 1. The van der Waals surface area contributed by atoms with Crippen LogP contribution in [-0.4, -0.2) is 32.6 Å². The molecule has 100 valence electrons. The number of nitrogens with one attached hydrogen (secondary N) is 3. The van der Waals surface area contributed by atoms with Crippen LogP contribution in [0.15, 0.2) is 24.7 Å². The van der Waals surface area contributed by atoms with Crippen LogP contribution in [0.25, 0.3) is 0 Å². The molecule has 7 nitrogen and oxygen atoms in total. The van der Waals surface area contributed by atoms with Crippen molar-refractivity contribution in [2.75, 3.05) is 11.9 Å². The minimum absolute atomic E-state index is 0.176. The Kier molecular flexibility index (Phi) is 4.07. The van der Waals surface area contributed by atoms with Gasteiger partial charge < -0.3 is 10.6 Å². The van der Waals surface area contributed by atoms with E-state index in [1.165, 1.54) is 6.33 Å². The van der Waals surface area contributed by atoms with Crippen LogP contribution in [0.1, 0.15) is 36.1 Å². The normalized spacial score (nSPS) is 11.9. The quantitative estimate of drug-likeness (QED) is 0.748. The Morgan fingerprint density at radius 1 is 1.47 bits per heavy atom. The number of anilines is 1. The third-order valence-electron chi connectivity index (χ3n) is 2.57. The zero-order valence-corrected chi connectivity index (χ0v) is 10.8. The predicted molar refractivity (Wildman–Crippen MR) is 70.7 cm³/mol. The molecule has 0 aromatic carbocycles. The number of pyridine rings is 1. The lowest BCUT2D eigenvalue weighted by molar-refractivity contribution is 0.0938. The highest BCUT2D eigenvalue weighted by molar-refractivity contribution is 5.94. The fourth-order valence-electron chi connectivity index (χ4n) is 1.62. The second-order valence-corrected chi connectivity index (χ2v) is 4.03. The third-order valence-corrected chi connectivity index (χ3v) is 2.57. The molecule has 0 aliphatic carbocycles. The van der Waals surface area contributed by atoms with Crippen molar-refractivity contribution in [3.05, 3.63) is 36.0 Å². The lowest BCUT2D eigenvalue weighted by atomic mass is 10.2. The number of rotatable bonds is 5. The maximum Gasteiger partial charge on any atom is 0.252 e. The molecule has 7 heteroatoms. The van der Waals surface area contributed by atoms with E-state index in [9.17, 15) is 4.79 Å². The highest BCUT2D eigenvalue weighted by Gasteiger charge is 2.13. The number of hydrogen-bond acceptors (Lipinski definition) is 5. The van der Waals surface area contributed by atoms with Crippen LogP contribution >= 0.6 is 0 Å². The summed E-state index contributed by atoms with van der Waals surface area (Å²) < 4.78 is 0. The summed E-state index contributed by atoms with van der Waals surface area (Å²) in [5.74, 6) is 1.13. The highest BCUT2D eigenvalue weighted by Crippen LogP contribution is 2.09. The molecule has 0 aliphatic rings. The van der Waals surface area contributed by atoms with Gasteiger partial charge in [0.25, 0.3) is 5.91 Å². The van der Waals surface area contributed by atoms with Crippen molar-refractivity contribution in [1.29, 1.82) is 0 Å². The topological polar surface area (TPSA) is 95.6 Å². The summed E-state index contributed by atoms with van der Waals surface area (Å²) in [5.41, 5.74) is 0.553. The van der Waals surface area contributed by atoms with Gasteiger partial charge in [-0.2, -0.15) is 5.10 Å². The fraction of sp³-hybridized carbons (Fsp3) is 0.333. The van der Waals surface area contributed by atoms with Crippen molar-refractivity contribution < 1.29 is 4.79 Å². The summed E-state index contributed by atoms with van der Waals surface area (Å²) in [6.45, 7) is 4.57. The standard InChI is InChI=1S/C12H16N6O/c1-3-13-10-6-9(4-5-14-10)12(19)17-8(2)11-15-7-16-18-11/h4-8H,3H2,1-2H3,(H,13,14)(H,17,19)(H,15,16,18). The van der Waals surface area contributed by atoms with E-state index in [1.807, 2.05) is 13.8 Å². The average Bonchev–Trinajstić information content (AvgIpc) is 2.93. The minimum atomic E-state index is -0.231. The second kappa shape index (κ2) is 5.94. The van der Waals surface area contributed by atoms with Crippen LogP contribution < -0.4 is 10.6 Å². The number of carbonyl (C=O) groups excluding carboxylic acids is 1. The first-order valence-electron chi connectivity index (χ1n) is 6.06. The molecular formula is C12H16N6O. The molecule has 2 aromatic rings. The Labute approximate surface area is 110 Å². The molecule has 0 bridgehead atoms. The van der Waals surface area contributed by atoms with Crippen molar-refractivity contribution in [1.82, 2.24) is 25.5 Å². The Balaban J connectivity index is 2.05. The summed E-state index contributed by atoms with van der Waals surface area (Å²) in [7, 11) is 0. The summed E-state index contributed by atoms with van der Waals surface area (Å²) in [5, 5.41) is 12.4. The molecule has 0 radical (unpaired) electrons. The number of aromatic nitrogens is 4. The molecule has 0 saturated carbocycles. The number of hydrogen-bond donors (Lipinski definition) is 3. The molecule has 0 spiro atoms. The van der Waals surface area contributed by atoms with Gasteiger partial charge in [-0.1, -0.05) is 0 Å². The Hall–Kier alpha value is -2.44. The Bertz CT molecular complexity index is 539. The molecule has 3 N–H and O–H groups in total. The van der Waals surface area contributed by atoms with E-state index in [0.717, 1.165) is 6.54 Å². The third kappa shape index (κ3) is 3.27. The first-order chi connectivity index (χ1) is 9.20. The van der Waals surface area contributed by atoms with Crippen LogP contribution in [0, 0.1) is 0 Å². The van der Waals surface area contributed by atoms with E-state index in [0.29, 0.717) is 17.2 Å². The van der Waals surface area contributed by atoms with E-state index in [1.54, 1.807) is 18.3 Å². The van der Waals surface area contributed by atoms with Gasteiger partial charge in [-0.05, 0) is 26.0 Å². The van der Waals surface area contributed by atoms with Gasteiger partial charge in [0.05, 0.1) is 6.04 Å². The molecule has 2 aromatic heterocycles. The van der Waals surface area contributed by atoms with Crippen LogP contribution in [0.4, 0.5) is 5.82 Å².